The Hall–Kier alpha value is -2.08. The molecule has 2 amide bonds. The maximum Gasteiger partial charge on any atom is 0.257 e. The Labute approximate surface area is 148 Å². The highest BCUT2D eigenvalue weighted by Gasteiger charge is 2.42. The van der Waals surface area contributed by atoms with E-state index >= 15 is 0 Å². The van der Waals surface area contributed by atoms with E-state index in [4.69, 9.17) is 0 Å². The number of likely N-dealkylation sites (tertiary alicyclic amines) is 2. The molecule has 1 aromatic carbocycles. The number of hydrogen-bond acceptors (Lipinski definition) is 4. The molecule has 6 nitrogen and oxygen atoms in total. The number of piperidine rings is 2. The Morgan fingerprint density at radius 2 is 2.08 bits per heavy atom. The van der Waals surface area contributed by atoms with Crippen LogP contribution in [0.15, 0.2) is 18.2 Å². The van der Waals surface area contributed by atoms with Crippen LogP contribution in [0.4, 0.5) is 0 Å². The SMILES string of the molecule is Cc1ccc(C(=O)N2CCCC3(CCC(=O)N(CCO)C3)C2)c(O)c1. The normalized spacial score (nSPS) is 24.0. The zero-order chi connectivity index (χ0) is 18.0. The number of hydrogen-bond donors (Lipinski definition) is 2. The van der Waals surface area contributed by atoms with Crippen molar-refractivity contribution in [2.24, 2.45) is 5.41 Å². The van der Waals surface area contributed by atoms with Gasteiger partial charge in [-0.05, 0) is 43.9 Å². The fourth-order valence-electron chi connectivity index (χ4n) is 4.13. The van der Waals surface area contributed by atoms with Gasteiger partial charge in [0.1, 0.15) is 5.75 Å². The van der Waals surface area contributed by atoms with Gasteiger partial charge in [0.25, 0.3) is 5.91 Å². The highest BCUT2D eigenvalue weighted by molar-refractivity contribution is 5.97. The van der Waals surface area contributed by atoms with Gasteiger partial charge in [0.05, 0.1) is 12.2 Å². The van der Waals surface area contributed by atoms with Gasteiger partial charge in [0, 0.05) is 38.0 Å². The number of nitrogens with zero attached hydrogens (tertiary/aromatic N) is 2. The second-order valence-electron chi connectivity index (χ2n) is 7.39. The Balaban J connectivity index is 1.76. The van der Waals surface area contributed by atoms with E-state index in [1.165, 1.54) is 0 Å². The largest absolute Gasteiger partial charge is 0.507 e. The van der Waals surface area contributed by atoms with Crippen LogP contribution in [0, 0.1) is 12.3 Å². The Kier molecular flexibility index (Phi) is 4.99. The number of amides is 2. The third-order valence-electron chi connectivity index (χ3n) is 5.45. The highest BCUT2D eigenvalue weighted by Crippen LogP contribution is 2.39. The summed E-state index contributed by atoms with van der Waals surface area (Å²) >= 11 is 0. The van der Waals surface area contributed by atoms with Gasteiger partial charge in [-0.25, -0.2) is 0 Å². The molecule has 2 fully saturated rings. The molecule has 136 valence electrons. The summed E-state index contributed by atoms with van der Waals surface area (Å²) in [6.45, 7) is 4.04. The number of β-amino-alcohol motifs (C(OH)–C–C–N with tert-alkyl or cyclic N) is 1. The number of carbonyl (C=O) groups excluding carboxylic acids is 2. The van der Waals surface area contributed by atoms with Gasteiger partial charge in [-0.2, -0.15) is 0 Å². The molecule has 6 heteroatoms. The average Bonchev–Trinajstić information content (AvgIpc) is 2.58. The molecule has 2 aliphatic heterocycles. The van der Waals surface area contributed by atoms with Crippen LogP contribution in [-0.2, 0) is 4.79 Å². The maximum absolute atomic E-state index is 12.9. The lowest BCUT2D eigenvalue weighted by molar-refractivity contribution is -0.139. The first-order chi connectivity index (χ1) is 11.9. The van der Waals surface area contributed by atoms with Crippen LogP contribution in [-0.4, -0.2) is 64.6 Å². The Morgan fingerprint density at radius 1 is 1.28 bits per heavy atom. The van der Waals surface area contributed by atoms with Crippen LogP contribution in [0.25, 0.3) is 0 Å². The van der Waals surface area contributed by atoms with Crippen LogP contribution in [0.1, 0.15) is 41.6 Å². The summed E-state index contributed by atoms with van der Waals surface area (Å²) in [5, 5.41) is 19.3. The van der Waals surface area contributed by atoms with Gasteiger partial charge < -0.3 is 20.0 Å². The molecule has 0 aromatic heterocycles. The van der Waals surface area contributed by atoms with Crippen LogP contribution in [0.5, 0.6) is 5.75 Å². The lowest BCUT2D eigenvalue weighted by atomic mass is 9.73. The topological polar surface area (TPSA) is 81.1 Å². The molecule has 2 heterocycles. The number of aryl methyl sites for hydroxylation is 1. The van der Waals surface area contributed by atoms with Gasteiger partial charge in [-0.3, -0.25) is 9.59 Å². The summed E-state index contributed by atoms with van der Waals surface area (Å²) in [5.74, 6) is -0.0492. The van der Waals surface area contributed by atoms with Crippen molar-refractivity contribution in [3.05, 3.63) is 29.3 Å². The van der Waals surface area contributed by atoms with Crippen molar-refractivity contribution in [2.75, 3.05) is 32.8 Å². The number of aliphatic hydroxyl groups is 1. The molecule has 1 unspecified atom stereocenters. The number of phenols is 1. The molecule has 2 aliphatic rings. The van der Waals surface area contributed by atoms with E-state index in [0.717, 1.165) is 24.8 Å². The van der Waals surface area contributed by atoms with Crippen molar-refractivity contribution in [3.63, 3.8) is 0 Å². The fraction of sp³-hybridized carbons (Fsp3) is 0.579. The van der Waals surface area contributed by atoms with Crippen LogP contribution in [0.2, 0.25) is 0 Å². The molecule has 0 aliphatic carbocycles. The smallest absolute Gasteiger partial charge is 0.257 e. The van der Waals surface area contributed by atoms with Crippen molar-refractivity contribution in [1.29, 1.82) is 0 Å². The van der Waals surface area contributed by atoms with E-state index in [9.17, 15) is 19.8 Å². The minimum absolute atomic E-state index is 0.0188. The van der Waals surface area contributed by atoms with E-state index in [1.54, 1.807) is 21.9 Å². The van der Waals surface area contributed by atoms with Crippen molar-refractivity contribution >= 4 is 11.8 Å². The van der Waals surface area contributed by atoms with E-state index in [-0.39, 0.29) is 29.6 Å². The summed E-state index contributed by atoms with van der Waals surface area (Å²) in [7, 11) is 0. The zero-order valence-corrected chi connectivity index (χ0v) is 14.7. The van der Waals surface area contributed by atoms with Crippen LogP contribution < -0.4 is 0 Å². The lowest BCUT2D eigenvalue weighted by Crippen LogP contribution is -2.55. The summed E-state index contributed by atoms with van der Waals surface area (Å²) in [6, 6.07) is 5.11. The van der Waals surface area contributed by atoms with E-state index in [1.807, 2.05) is 13.0 Å². The Bertz CT molecular complexity index is 675. The third kappa shape index (κ3) is 3.63. The summed E-state index contributed by atoms with van der Waals surface area (Å²) in [6.07, 6.45) is 3.11. The first-order valence-corrected chi connectivity index (χ1v) is 8.92. The average molecular weight is 346 g/mol. The number of phenolic OH excluding ortho intramolecular Hbond substituents is 1. The molecular weight excluding hydrogens is 320 g/mol. The van der Waals surface area contributed by atoms with Gasteiger partial charge in [-0.15, -0.1) is 0 Å². The first kappa shape index (κ1) is 17.7. The quantitative estimate of drug-likeness (QED) is 0.870. The number of aliphatic hydroxyl groups excluding tert-OH is 1. The fourth-order valence-corrected chi connectivity index (χ4v) is 4.13. The monoisotopic (exact) mass is 346 g/mol. The first-order valence-electron chi connectivity index (χ1n) is 8.92. The number of rotatable bonds is 3. The zero-order valence-electron chi connectivity index (χ0n) is 14.7. The summed E-state index contributed by atoms with van der Waals surface area (Å²) in [5.41, 5.74) is 1.15. The minimum atomic E-state index is -0.151. The lowest BCUT2D eigenvalue weighted by Gasteiger charge is -2.48. The van der Waals surface area contributed by atoms with Crippen molar-refractivity contribution in [1.82, 2.24) is 9.80 Å². The molecule has 2 N–H and O–H groups in total. The second-order valence-corrected chi connectivity index (χ2v) is 7.39. The van der Waals surface area contributed by atoms with Gasteiger partial charge in [-0.1, -0.05) is 6.07 Å². The molecule has 1 aromatic rings. The summed E-state index contributed by atoms with van der Waals surface area (Å²) in [4.78, 5) is 28.4. The van der Waals surface area contributed by atoms with Crippen molar-refractivity contribution in [2.45, 2.75) is 32.6 Å². The van der Waals surface area contributed by atoms with Crippen LogP contribution in [0.3, 0.4) is 0 Å². The minimum Gasteiger partial charge on any atom is -0.507 e. The molecular formula is C19H26N2O4. The van der Waals surface area contributed by atoms with Crippen molar-refractivity contribution in [3.8, 4) is 5.75 Å². The summed E-state index contributed by atoms with van der Waals surface area (Å²) < 4.78 is 0. The van der Waals surface area contributed by atoms with Crippen molar-refractivity contribution < 1.29 is 19.8 Å². The number of aromatic hydroxyl groups is 1. The van der Waals surface area contributed by atoms with Crippen LogP contribution >= 0.6 is 0 Å². The molecule has 3 rings (SSSR count). The molecule has 1 atom stereocenters. The molecule has 2 saturated heterocycles. The highest BCUT2D eigenvalue weighted by atomic mass is 16.3. The molecule has 1 spiro atoms. The second kappa shape index (κ2) is 7.04. The van der Waals surface area contributed by atoms with E-state index in [0.29, 0.717) is 38.2 Å². The van der Waals surface area contributed by atoms with Gasteiger partial charge in [0.2, 0.25) is 5.91 Å². The third-order valence-corrected chi connectivity index (χ3v) is 5.45. The number of benzene rings is 1. The molecule has 0 saturated carbocycles. The molecule has 0 radical (unpaired) electrons. The van der Waals surface area contributed by atoms with E-state index in [2.05, 4.69) is 0 Å². The maximum atomic E-state index is 12.9. The molecule has 0 bridgehead atoms. The predicted molar refractivity (Wildman–Crippen MR) is 93.3 cm³/mol. The molecule has 25 heavy (non-hydrogen) atoms. The Morgan fingerprint density at radius 3 is 2.80 bits per heavy atom. The van der Waals surface area contributed by atoms with E-state index < -0.39 is 0 Å². The predicted octanol–water partition coefficient (Wildman–Crippen LogP) is 1.54. The number of carbonyl (C=O) groups is 2. The van der Waals surface area contributed by atoms with Gasteiger partial charge >= 0.3 is 0 Å². The van der Waals surface area contributed by atoms with Gasteiger partial charge in [0.15, 0.2) is 0 Å². The standard InChI is InChI=1S/C19H26N2O4/c1-14-3-4-15(16(23)11-14)18(25)21-8-2-6-19(13-21)7-5-17(24)20(12-19)9-10-22/h3-4,11,22-23H,2,5-10,12-13H2,1H3.